The van der Waals surface area contributed by atoms with Crippen LogP contribution in [-0.4, -0.2) is 9.13 Å². The van der Waals surface area contributed by atoms with Crippen LogP contribution in [0.1, 0.15) is 43.1 Å². The monoisotopic (exact) mass is 1030 g/mol. The van der Waals surface area contributed by atoms with E-state index in [0.29, 0.717) is 0 Å². The first kappa shape index (κ1) is 41.6. The number of thiophene rings is 2. The van der Waals surface area contributed by atoms with Gasteiger partial charge in [0.2, 0.25) is 0 Å². The Labute approximate surface area is 452 Å². The SMILES string of the molecule is c1ccc2c(c1)Oc1ccccc1C21c2cc(-n3c4ccccc4c4ccc5oc6ccccc6c5c43)sc2C2(c3ccccc3Oc3ccccc32)c2cc(-n3c4ccccc4c4ccc5oc6ccccc6c5c43)sc21. The minimum absolute atomic E-state index is 0.839. The smallest absolute Gasteiger partial charge is 0.137 e. The molecule has 8 heterocycles. The van der Waals surface area contributed by atoms with Crippen LogP contribution in [-0.2, 0) is 10.8 Å². The third-order valence-electron chi connectivity index (χ3n) is 17.3. The minimum Gasteiger partial charge on any atom is -0.457 e. The molecule has 6 aromatic heterocycles. The van der Waals surface area contributed by atoms with E-state index in [2.05, 4.69) is 240 Å². The number of furan rings is 2. The Balaban J connectivity index is 1.03. The van der Waals surface area contributed by atoms with Crippen molar-refractivity contribution in [2.24, 2.45) is 0 Å². The lowest BCUT2D eigenvalue weighted by Gasteiger charge is -2.50. The summed E-state index contributed by atoms with van der Waals surface area (Å²) in [5.41, 5.74) is 13.1. The molecule has 8 heteroatoms. The van der Waals surface area contributed by atoms with E-state index in [1.165, 1.54) is 42.4 Å². The molecule has 3 aliphatic rings. The third-order valence-corrected chi connectivity index (χ3v) is 19.8. The summed E-state index contributed by atoms with van der Waals surface area (Å²) in [4.78, 5) is 2.45. The largest absolute Gasteiger partial charge is 0.457 e. The van der Waals surface area contributed by atoms with Crippen molar-refractivity contribution in [2.75, 3.05) is 0 Å². The quantitative estimate of drug-likeness (QED) is 0.173. The predicted octanol–water partition coefficient (Wildman–Crippen LogP) is 19.1. The maximum absolute atomic E-state index is 7.09. The number of rotatable bonds is 2. The van der Waals surface area contributed by atoms with Crippen molar-refractivity contribution in [3.63, 3.8) is 0 Å². The Morgan fingerprint density at radius 1 is 0.295 bits per heavy atom. The van der Waals surface area contributed by atoms with Crippen LogP contribution < -0.4 is 9.47 Å². The van der Waals surface area contributed by atoms with Crippen molar-refractivity contribution in [2.45, 2.75) is 10.8 Å². The van der Waals surface area contributed by atoms with Crippen molar-refractivity contribution < 1.29 is 18.3 Å². The Bertz CT molecular complexity index is 4860. The summed E-state index contributed by atoms with van der Waals surface area (Å²) in [5.74, 6) is 3.36. The molecule has 0 radical (unpaired) electrons. The molecular formula is C70H38N2O4S2. The Kier molecular flexibility index (Phi) is 7.82. The highest BCUT2D eigenvalue weighted by atomic mass is 32.1. The summed E-state index contributed by atoms with van der Waals surface area (Å²) in [7, 11) is 0. The molecule has 0 atom stereocenters. The van der Waals surface area contributed by atoms with Crippen LogP contribution >= 0.6 is 22.7 Å². The lowest BCUT2D eigenvalue weighted by Crippen LogP contribution is -2.45. The lowest BCUT2D eigenvalue weighted by molar-refractivity contribution is 0.418. The number of hydrogen-bond acceptors (Lipinski definition) is 6. The van der Waals surface area contributed by atoms with Crippen molar-refractivity contribution in [3.05, 3.63) is 274 Å². The van der Waals surface area contributed by atoms with Gasteiger partial charge in [-0.25, -0.2) is 0 Å². The second-order valence-corrected chi connectivity index (χ2v) is 23.0. The molecule has 364 valence electrons. The molecule has 0 amide bonds. The van der Waals surface area contributed by atoms with Gasteiger partial charge in [0.1, 0.15) is 55.3 Å². The van der Waals surface area contributed by atoms with Gasteiger partial charge in [0.05, 0.1) is 43.7 Å². The number of para-hydroxylation sites is 8. The summed E-state index contributed by atoms with van der Waals surface area (Å²) >= 11 is 3.78. The van der Waals surface area contributed by atoms with Crippen LogP contribution in [0.2, 0.25) is 0 Å². The van der Waals surface area contributed by atoms with Gasteiger partial charge < -0.3 is 18.3 Å². The van der Waals surface area contributed by atoms with E-state index in [0.717, 1.165) is 121 Å². The first-order valence-corrected chi connectivity index (χ1v) is 28.0. The van der Waals surface area contributed by atoms with Gasteiger partial charge in [0.25, 0.3) is 0 Å². The second kappa shape index (κ2) is 14.7. The van der Waals surface area contributed by atoms with E-state index in [-0.39, 0.29) is 0 Å². The van der Waals surface area contributed by atoms with E-state index in [9.17, 15) is 0 Å². The molecular weight excluding hydrogens is 997 g/mol. The summed E-state index contributed by atoms with van der Waals surface area (Å²) < 4.78 is 32.6. The fourth-order valence-electron chi connectivity index (χ4n) is 14.4. The topological polar surface area (TPSA) is 54.6 Å². The van der Waals surface area contributed by atoms with Crippen LogP contribution in [0.25, 0.3) is 97.5 Å². The van der Waals surface area contributed by atoms with E-state index in [1.54, 1.807) is 0 Å². The average Bonchev–Trinajstić information content (AvgIpc) is 3.48. The van der Waals surface area contributed by atoms with Crippen LogP contribution in [0.5, 0.6) is 23.0 Å². The van der Waals surface area contributed by atoms with Gasteiger partial charge in [-0.05, 0) is 96.1 Å². The second-order valence-electron chi connectivity index (χ2n) is 20.9. The summed E-state index contributed by atoms with van der Waals surface area (Å²) in [5, 5.41) is 11.3. The molecule has 1 aliphatic carbocycles. The first-order valence-electron chi connectivity index (χ1n) is 26.4. The van der Waals surface area contributed by atoms with E-state index in [4.69, 9.17) is 18.3 Å². The van der Waals surface area contributed by atoms with Crippen molar-refractivity contribution in [1.29, 1.82) is 0 Å². The highest BCUT2D eigenvalue weighted by molar-refractivity contribution is 7.16. The predicted molar refractivity (Wildman–Crippen MR) is 316 cm³/mol. The zero-order chi connectivity index (χ0) is 50.6. The molecule has 0 bridgehead atoms. The molecule has 0 unspecified atom stereocenters. The van der Waals surface area contributed by atoms with E-state index in [1.807, 2.05) is 22.7 Å². The van der Waals surface area contributed by atoms with E-state index < -0.39 is 10.8 Å². The molecule has 2 aliphatic heterocycles. The van der Waals surface area contributed by atoms with Gasteiger partial charge in [-0.15, -0.1) is 22.7 Å². The van der Waals surface area contributed by atoms with Gasteiger partial charge in [-0.1, -0.05) is 146 Å². The maximum Gasteiger partial charge on any atom is 0.137 e. The molecule has 0 N–H and O–H groups in total. The summed E-state index contributed by atoms with van der Waals surface area (Å²) in [6.45, 7) is 0. The van der Waals surface area contributed by atoms with Crippen LogP contribution in [0.4, 0.5) is 0 Å². The van der Waals surface area contributed by atoms with Gasteiger partial charge in [-0.3, -0.25) is 9.13 Å². The zero-order valence-electron chi connectivity index (χ0n) is 41.3. The molecule has 6 nitrogen and oxygen atoms in total. The first-order chi connectivity index (χ1) is 38.7. The summed E-state index contributed by atoms with van der Waals surface area (Å²) in [6.07, 6.45) is 0. The fourth-order valence-corrected chi connectivity index (χ4v) is 17.3. The van der Waals surface area contributed by atoms with Crippen LogP contribution in [0.3, 0.4) is 0 Å². The number of hydrogen-bond donors (Lipinski definition) is 0. The molecule has 0 fully saturated rings. The molecule has 10 aromatic carbocycles. The number of benzene rings is 10. The number of ether oxygens (including phenoxy) is 2. The number of fused-ring (bicyclic) bond motifs is 28. The maximum atomic E-state index is 7.09. The Hall–Kier alpha value is -9.60. The highest BCUT2D eigenvalue weighted by Crippen LogP contribution is 2.70. The van der Waals surface area contributed by atoms with Crippen molar-refractivity contribution >= 4 is 110 Å². The third kappa shape index (κ3) is 4.91. The van der Waals surface area contributed by atoms with Crippen LogP contribution in [0.15, 0.2) is 239 Å². The molecule has 19 rings (SSSR count). The molecule has 2 spiro atoms. The minimum atomic E-state index is -0.867. The van der Waals surface area contributed by atoms with Crippen molar-refractivity contribution in [3.8, 4) is 33.0 Å². The Morgan fingerprint density at radius 2 is 0.641 bits per heavy atom. The fraction of sp³-hybridized carbons (Fsp3) is 0.0286. The number of nitrogens with zero attached hydrogens (tertiary/aromatic N) is 2. The Morgan fingerprint density at radius 3 is 1.05 bits per heavy atom. The standard InChI is InChI=1S/C70H38N2O4S2/c1-9-25-51-39(17-1)41-33-35-59-63(43-19-3-11-27-53(43)73-59)65(41)71(51)61-37-49-67(77-61)70(47-23-7-15-31-57(47)76-58-32-16-8-24-48(58)70)50-38-62(78-68(50)69(49)45-21-5-13-29-55(45)75-56-30-14-6-22-46(56)69)72-52-26-10-2-18-40(52)42-34-36-60-64(66(42)72)44-20-4-12-28-54(44)74-60/h1-38H. The highest BCUT2D eigenvalue weighted by Gasteiger charge is 2.61. The van der Waals surface area contributed by atoms with E-state index >= 15 is 0 Å². The van der Waals surface area contributed by atoms with Crippen molar-refractivity contribution in [1.82, 2.24) is 9.13 Å². The molecule has 78 heavy (non-hydrogen) atoms. The van der Waals surface area contributed by atoms with Gasteiger partial charge in [0, 0.05) is 64.3 Å². The van der Waals surface area contributed by atoms with Gasteiger partial charge in [0.15, 0.2) is 0 Å². The normalized spacial score (nSPS) is 14.6. The van der Waals surface area contributed by atoms with Crippen LogP contribution in [0, 0.1) is 0 Å². The zero-order valence-corrected chi connectivity index (χ0v) is 42.9. The summed E-state index contributed by atoms with van der Waals surface area (Å²) in [6, 6.07) is 83.5. The molecule has 0 saturated heterocycles. The van der Waals surface area contributed by atoms with Gasteiger partial charge >= 0.3 is 0 Å². The van der Waals surface area contributed by atoms with Gasteiger partial charge in [-0.2, -0.15) is 0 Å². The molecule has 0 saturated carbocycles. The molecule has 16 aromatic rings. The lowest BCUT2D eigenvalue weighted by atomic mass is 9.54. The average molecular weight is 1040 g/mol. The number of aromatic nitrogens is 2.